The van der Waals surface area contributed by atoms with Crippen molar-refractivity contribution in [3.8, 4) is 0 Å². The molecule has 25 heavy (non-hydrogen) atoms. The van der Waals surface area contributed by atoms with E-state index in [0.29, 0.717) is 24.1 Å². The van der Waals surface area contributed by atoms with Gasteiger partial charge < -0.3 is 15.8 Å². The lowest BCUT2D eigenvalue weighted by atomic mass is 9.94. The van der Waals surface area contributed by atoms with Crippen molar-refractivity contribution < 1.29 is 9.53 Å². The fourth-order valence-electron chi connectivity index (χ4n) is 2.88. The second kappa shape index (κ2) is 7.83. The zero-order valence-corrected chi connectivity index (χ0v) is 14.3. The number of carbonyl (C=O) groups excluding carboxylic acids is 1. The number of aliphatic imine (C=N–C) groups is 1. The van der Waals surface area contributed by atoms with Gasteiger partial charge in [0.15, 0.2) is 0 Å². The predicted octanol–water partition coefficient (Wildman–Crippen LogP) is 3.54. The third-order valence-electron chi connectivity index (χ3n) is 4.44. The molecule has 1 aliphatic heterocycles. The third kappa shape index (κ3) is 4.59. The van der Waals surface area contributed by atoms with E-state index in [2.05, 4.69) is 29.4 Å². The van der Waals surface area contributed by atoms with Crippen LogP contribution in [0.25, 0.3) is 0 Å². The van der Waals surface area contributed by atoms with Gasteiger partial charge in [0.25, 0.3) is 11.9 Å². The summed E-state index contributed by atoms with van der Waals surface area (Å²) in [7, 11) is 0. The number of nitrogens with two attached hydrogens (primary N) is 1. The number of amides is 1. The first-order valence-electron chi connectivity index (χ1n) is 8.54. The van der Waals surface area contributed by atoms with Crippen LogP contribution in [0.3, 0.4) is 0 Å². The Morgan fingerprint density at radius 2 is 1.96 bits per heavy atom. The molecule has 5 heteroatoms. The molecule has 2 aromatic rings. The molecule has 2 aromatic carbocycles. The van der Waals surface area contributed by atoms with Crippen LogP contribution in [0.1, 0.15) is 41.6 Å². The zero-order valence-electron chi connectivity index (χ0n) is 14.3. The molecule has 0 bridgehead atoms. The highest BCUT2D eigenvalue weighted by molar-refractivity contribution is 6.04. The number of anilines is 1. The van der Waals surface area contributed by atoms with E-state index in [-0.39, 0.29) is 11.9 Å². The summed E-state index contributed by atoms with van der Waals surface area (Å²) in [6.45, 7) is 2.78. The van der Waals surface area contributed by atoms with Crippen LogP contribution in [-0.2, 0) is 4.74 Å². The highest BCUT2D eigenvalue weighted by Crippen LogP contribution is 2.24. The van der Waals surface area contributed by atoms with Crippen LogP contribution in [0, 0.1) is 0 Å². The van der Waals surface area contributed by atoms with E-state index in [0.717, 1.165) is 18.5 Å². The molecular weight excluding hydrogens is 314 g/mol. The SMILES string of the molecule is CC(CCC1COC(N)=N1)c1ccc(NC(=O)c2ccccc2)cc1. The van der Waals surface area contributed by atoms with E-state index in [9.17, 15) is 4.79 Å². The molecule has 0 radical (unpaired) electrons. The molecular formula is C20H23N3O2. The van der Waals surface area contributed by atoms with E-state index >= 15 is 0 Å². The van der Waals surface area contributed by atoms with E-state index in [1.165, 1.54) is 5.56 Å². The summed E-state index contributed by atoms with van der Waals surface area (Å²) in [5, 5.41) is 2.92. The largest absolute Gasteiger partial charge is 0.463 e. The maximum absolute atomic E-state index is 12.2. The molecule has 130 valence electrons. The zero-order chi connectivity index (χ0) is 17.6. The predicted molar refractivity (Wildman–Crippen MR) is 99.8 cm³/mol. The van der Waals surface area contributed by atoms with Crippen molar-refractivity contribution in [1.29, 1.82) is 0 Å². The fraction of sp³-hybridized carbons (Fsp3) is 0.300. The monoisotopic (exact) mass is 337 g/mol. The normalized spacial score (nSPS) is 17.5. The lowest BCUT2D eigenvalue weighted by Gasteiger charge is -2.14. The summed E-state index contributed by atoms with van der Waals surface area (Å²) >= 11 is 0. The molecule has 1 aliphatic rings. The van der Waals surface area contributed by atoms with Crippen molar-refractivity contribution >= 4 is 17.6 Å². The second-order valence-electron chi connectivity index (χ2n) is 6.35. The third-order valence-corrected chi connectivity index (χ3v) is 4.44. The van der Waals surface area contributed by atoms with Crippen molar-refractivity contribution in [2.75, 3.05) is 11.9 Å². The van der Waals surface area contributed by atoms with Gasteiger partial charge in [0.2, 0.25) is 0 Å². The fourth-order valence-corrected chi connectivity index (χ4v) is 2.88. The van der Waals surface area contributed by atoms with Crippen LogP contribution in [0.5, 0.6) is 0 Å². The first-order valence-corrected chi connectivity index (χ1v) is 8.54. The molecule has 0 aromatic heterocycles. The Morgan fingerprint density at radius 1 is 1.24 bits per heavy atom. The van der Waals surface area contributed by atoms with Gasteiger partial charge in [-0.25, -0.2) is 4.99 Å². The Hall–Kier alpha value is -2.82. The van der Waals surface area contributed by atoms with Gasteiger partial charge in [0.05, 0.1) is 6.04 Å². The van der Waals surface area contributed by atoms with Gasteiger partial charge in [-0.1, -0.05) is 37.3 Å². The summed E-state index contributed by atoms with van der Waals surface area (Å²) in [5.74, 6) is 0.314. The van der Waals surface area contributed by atoms with Crippen LogP contribution < -0.4 is 11.1 Å². The van der Waals surface area contributed by atoms with E-state index in [4.69, 9.17) is 10.5 Å². The topological polar surface area (TPSA) is 76.7 Å². The standard InChI is InChI=1S/C20H23N3O2/c1-14(7-10-18-13-25-20(21)23-18)15-8-11-17(12-9-15)22-19(24)16-5-3-2-4-6-16/h2-6,8-9,11-12,14,18H,7,10,13H2,1H3,(H2,21,23)(H,22,24). The lowest BCUT2D eigenvalue weighted by Crippen LogP contribution is -2.11. The van der Waals surface area contributed by atoms with Gasteiger partial charge in [-0.2, -0.15) is 0 Å². The first kappa shape index (κ1) is 17.0. The van der Waals surface area contributed by atoms with Gasteiger partial charge >= 0.3 is 0 Å². The molecule has 0 aliphatic carbocycles. The molecule has 1 amide bonds. The minimum atomic E-state index is -0.0990. The summed E-state index contributed by atoms with van der Waals surface area (Å²) in [5.41, 5.74) is 8.23. The molecule has 5 nitrogen and oxygen atoms in total. The summed E-state index contributed by atoms with van der Waals surface area (Å²) in [4.78, 5) is 16.4. The number of benzene rings is 2. The van der Waals surface area contributed by atoms with Crippen molar-refractivity contribution in [2.24, 2.45) is 10.7 Å². The first-order chi connectivity index (χ1) is 12.1. The Kier molecular flexibility index (Phi) is 5.33. The molecule has 0 spiro atoms. The number of nitrogens with zero attached hydrogens (tertiary/aromatic N) is 1. The highest BCUT2D eigenvalue weighted by Gasteiger charge is 2.18. The van der Waals surface area contributed by atoms with Gasteiger partial charge in [-0.3, -0.25) is 4.79 Å². The maximum Gasteiger partial charge on any atom is 0.282 e. The Labute approximate surface area is 147 Å². The van der Waals surface area contributed by atoms with Crippen molar-refractivity contribution in [3.63, 3.8) is 0 Å². The van der Waals surface area contributed by atoms with Gasteiger partial charge in [0, 0.05) is 11.3 Å². The molecule has 0 saturated heterocycles. The van der Waals surface area contributed by atoms with E-state index in [1.54, 1.807) is 12.1 Å². The van der Waals surface area contributed by atoms with Crippen molar-refractivity contribution in [1.82, 2.24) is 0 Å². The van der Waals surface area contributed by atoms with Crippen LogP contribution in [0.15, 0.2) is 59.6 Å². The number of carbonyl (C=O) groups is 1. The van der Waals surface area contributed by atoms with Crippen LogP contribution in [0.2, 0.25) is 0 Å². The number of hydrogen-bond acceptors (Lipinski definition) is 4. The molecule has 0 saturated carbocycles. The Balaban J connectivity index is 1.53. The summed E-state index contributed by atoms with van der Waals surface area (Å²) in [6.07, 6.45) is 1.97. The summed E-state index contributed by atoms with van der Waals surface area (Å²) in [6, 6.07) is 17.7. The number of ether oxygens (including phenoxy) is 1. The number of amidine groups is 1. The van der Waals surface area contributed by atoms with Gasteiger partial charge in [0.1, 0.15) is 6.61 Å². The average Bonchev–Trinajstić information content (AvgIpc) is 3.06. The van der Waals surface area contributed by atoms with Crippen LogP contribution >= 0.6 is 0 Å². The summed E-state index contributed by atoms with van der Waals surface area (Å²) < 4.78 is 5.18. The van der Waals surface area contributed by atoms with Crippen LogP contribution in [0.4, 0.5) is 5.69 Å². The molecule has 2 unspecified atom stereocenters. The number of nitrogens with one attached hydrogen (secondary N) is 1. The smallest absolute Gasteiger partial charge is 0.282 e. The van der Waals surface area contributed by atoms with E-state index in [1.807, 2.05) is 30.3 Å². The minimum Gasteiger partial charge on any atom is -0.463 e. The highest BCUT2D eigenvalue weighted by atomic mass is 16.5. The average molecular weight is 337 g/mol. The Bertz CT molecular complexity index is 741. The van der Waals surface area contributed by atoms with Crippen molar-refractivity contribution in [2.45, 2.75) is 31.7 Å². The second-order valence-corrected chi connectivity index (χ2v) is 6.35. The Morgan fingerprint density at radius 3 is 2.60 bits per heavy atom. The maximum atomic E-state index is 12.2. The number of rotatable bonds is 6. The number of hydrogen-bond donors (Lipinski definition) is 2. The molecule has 1 heterocycles. The molecule has 2 atom stereocenters. The molecule has 3 N–H and O–H groups in total. The molecule has 3 rings (SSSR count). The van der Waals surface area contributed by atoms with Gasteiger partial charge in [-0.15, -0.1) is 0 Å². The van der Waals surface area contributed by atoms with Crippen LogP contribution in [-0.4, -0.2) is 24.6 Å². The molecule has 0 fully saturated rings. The minimum absolute atomic E-state index is 0.0990. The van der Waals surface area contributed by atoms with E-state index < -0.39 is 0 Å². The van der Waals surface area contributed by atoms with Crippen molar-refractivity contribution in [3.05, 3.63) is 65.7 Å². The lowest BCUT2D eigenvalue weighted by molar-refractivity contribution is 0.102. The van der Waals surface area contributed by atoms with Gasteiger partial charge in [-0.05, 0) is 48.6 Å². The quantitative estimate of drug-likeness (QED) is 0.846.